The number of imide groups is 1. The summed E-state index contributed by atoms with van der Waals surface area (Å²) in [5, 5.41) is -0.418. The number of nitrogens with zero attached hydrogens (tertiary/aromatic N) is 3. The summed E-state index contributed by atoms with van der Waals surface area (Å²) in [6.07, 6.45) is 1.75. The van der Waals surface area contributed by atoms with Crippen LogP contribution < -0.4 is 0 Å². The summed E-state index contributed by atoms with van der Waals surface area (Å²) in [6.45, 7) is 5.66. The zero-order valence-electron chi connectivity index (χ0n) is 20.3. The molecule has 184 valence electrons. The molecule has 0 atom stereocenters. The second-order valence-electron chi connectivity index (χ2n) is 8.84. The van der Waals surface area contributed by atoms with E-state index in [0.717, 1.165) is 50.4 Å². The molecule has 5 rings (SSSR count). The van der Waals surface area contributed by atoms with Crippen LogP contribution in [0.25, 0.3) is 22.9 Å². The number of benzene rings is 2. The fourth-order valence-electron chi connectivity index (χ4n) is 4.59. The second-order valence-corrected chi connectivity index (χ2v) is 9.83. The molecule has 2 fully saturated rings. The van der Waals surface area contributed by atoms with Crippen LogP contribution in [0.4, 0.5) is 4.79 Å². The van der Waals surface area contributed by atoms with Gasteiger partial charge >= 0.3 is 0 Å². The first-order valence-electron chi connectivity index (χ1n) is 11.9. The van der Waals surface area contributed by atoms with E-state index in [-0.39, 0.29) is 12.5 Å². The number of aromatic nitrogens is 1. The summed E-state index contributed by atoms with van der Waals surface area (Å²) >= 11 is 0.878. The van der Waals surface area contributed by atoms with Crippen molar-refractivity contribution in [2.45, 2.75) is 13.8 Å². The predicted molar refractivity (Wildman–Crippen MR) is 141 cm³/mol. The Balaban J connectivity index is 1.35. The number of aryl methyl sites for hydroxylation is 1. The number of rotatable bonds is 5. The second kappa shape index (κ2) is 10.2. The van der Waals surface area contributed by atoms with E-state index in [1.807, 2.05) is 38.1 Å². The van der Waals surface area contributed by atoms with Gasteiger partial charge in [0.15, 0.2) is 0 Å². The molecule has 0 aliphatic carbocycles. The third-order valence-electron chi connectivity index (χ3n) is 6.52. The smallest absolute Gasteiger partial charge is 0.294 e. The van der Waals surface area contributed by atoms with Gasteiger partial charge in [-0.05, 0) is 66.6 Å². The van der Waals surface area contributed by atoms with Crippen LogP contribution in [-0.2, 0) is 14.3 Å². The van der Waals surface area contributed by atoms with Crippen LogP contribution in [0.2, 0.25) is 0 Å². The highest BCUT2D eigenvalue weighted by atomic mass is 32.2. The Hall–Kier alpha value is -3.62. The molecule has 0 N–H and O–H groups in total. The molecule has 8 heteroatoms. The lowest BCUT2D eigenvalue weighted by molar-refractivity contribution is -0.139. The molecule has 3 aromatic rings. The van der Waals surface area contributed by atoms with Crippen LogP contribution in [0.3, 0.4) is 0 Å². The standard InChI is InChI=1S/C28H27N3O4S/c1-19-16-23(20(2)31(19)24-10-8-22(9-11-24)21-6-4-3-5-7-21)17-25-27(33)30(28(34)36-25)18-26(32)29-12-14-35-15-13-29/h3-11,16-17H,12-15,18H2,1-2H3/b25-17-. The molecule has 0 spiro atoms. The molecular formula is C28H27N3O4S. The van der Waals surface area contributed by atoms with Gasteiger partial charge in [-0.25, -0.2) is 0 Å². The molecule has 2 aliphatic rings. The maximum absolute atomic E-state index is 13.0. The first-order chi connectivity index (χ1) is 17.4. The van der Waals surface area contributed by atoms with Gasteiger partial charge in [-0.3, -0.25) is 19.3 Å². The van der Waals surface area contributed by atoms with Gasteiger partial charge in [0.1, 0.15) is 6.54 Å². The van der Waals surface area contributed by atoms with Gasteiger partial charge in [-0.2, -0.15) is 0 Å². The van der Waals surface area contributed by atoms with Crippen molar-refractivity contribution in [2.75, 3.05) is 32.8 Å². The van der Waals surface area contributed by atoms with Gasteiger partial charge in [0.25, 0.3) is 11.1 Å². The molecule has 0 bridgehead atoms. The zero-order valence-corrected chi connectivity index (χ0v) is 21.1. The van der Waals surface area contributed by atoms with Crippen LogP contribution in [0, 0.1) is 13.8 Å². The quantitative estimate of drug-likeness (QED) is 0.476. The van der Waals surface area contributed by atoms with Crippen LogP contribution in [0.5, 0.6) is 0 Å². The van der Waals surface area contributed by atoms with Gasteiger partial charge in [0.2, 0.25) is 5.91 Å². The first-order valence-corrected chi connectivity index (χ1v) is 12.7. The van der Waals surface area contributed by atoms with Crippen LogP contribution in [0.15, 0.2) is 65.6 Å². The summed E-state index contributed by atoms with van der Waals surface area (Å²) in [6, 6.07) is 20.6. The van der Waals surface area contributed by atoms with E-state index in [4.69, 9.17) is 4.74 Å². The molecule has 7 nitrogen and oxygen atoms in total. The maximum atomic E-state index is 13.0. The number of carbonyl (C=O) groups excluding carboxylic acids is 3. The Labute approximate surface area is 214 Å². The fourth-order valence-corrected chi connectivity index (χ4v) is 5.42. The topological polar surface area (TPSA) is 71.9 Å². The Kier molecular flexibility index (Phi) is 6.80. The van der Waals surface area contributed by atoms with Crippen LogP contribution in [0.1, 0.15) is 17.0 Å². The highest BCUT2D eigenvalue weighted by Gasteiger charge is 2.37. The normalized spacial score (nSPS) is 17.3. The molecular weight excluding hydrogens is 474 g/mol. The summed E-state index contributed by atoms with van der Waals surface area (Å²) < 4.78 is 7.40. The van der Waals surface area contributed by atoms with Gasteiger partial charge in [0, 0.05) is 30.2 Å². The summed E-state index contributed by atoms with van der Waals surface area (Å²) in [5.41, 5.74) is 6.18. The van der Waals surface area contributed by atoms with E-state index in [1.54, 1.807) is 11.0 Å². The molecule has 0 saturated carbocycles. The molecule has 0 radical (unpaired) electrons. The van der Waals surface area contributed by atoms with Crippen LogP contribution >= 0.6 is 11.8 Å². The van der Waals surface area contributed by atoms with E-state index < -0.39 is 11.1 Å². The maximum Gasteiger partial charge on any atom is 0.294 e. The van der Waals surface area contributed by atoms with Crippen molar-refractivity contribution in [3.63, 3.8) is 0 Å². The fraction of sp³-hybridized carbons (Fsp3) is 0.250. The number of amides is 3. The van der Waals surface area contributed by atoms with Crippen molar-refractivity contribution in [1.82, 2.24) is 14.4 Å². The number of hydrogen-bond donors (Lipinski definition) is 0. The van der Waals surface area contributed by atoms with Crippen molar-refractivity contribution < 1.29 is 19.1 Å². The minimum Gasteiger partial charge on any atom is -0.378 e. The minimum atomic E-state index is -0.427. The van der Waals surface area contributed by atoms with Crippen molar-refractivity contribution in [3.8, 4) is 16.8 Å². The molecule has 2 aromatic carbocycles. The number of thioether (sulfide) groups is 1. The third kappa shape index (κ3) is 4.74. The SMILES string of the molecule is Cc1cc(/C=C2\SC(=O)N(CC(=O)N3CCOCC3)C2=O)c(C)n1-c1ccc(-c2ccccc2)cc1. The predicted octanol–water partition coefficient (Wildman–Crippen LogP) is 4.66. The van der Waals surface area contributed by atoms with E-state index in [2.05, 4.69) is 41.0 Å². The van der Waals surface area contributed by atoms with E-state index in [1.165, 1.54) is 0 Å². The highest BCUT2D eigenvalue weighted by Crippen LogP contribution is 2.34. The number of carbonyl (C=O) groups is 3. The molecule has 3 heterocycles. The molecule has 2 aliphatic heterocycles. The van der Waals surface area contributed by atoms with E-state index in [9.17, 15) is 14.4 Å². The Morgan fingerprint density at radius 3 is 2.33 bits per heavy atom. The summed E-state index contributed by atoms with van der Waals surface area (Å²) in [7, 11) is 0. The Morgan fingerprint density at radius 1 is 0.972 bits per heavy atom. The van der Waals surface area contributed by atoms with Gasteiger partial charge in [-0.15, -0.1) is 0 Å². The third-order valence-corrected chi connectivity index (χ3v) is 7.43. The molecule has 0 unspecified atom stereocenters. The first kappa shape index (κ1) is 24.1. The molecule has 1 aromatic heterocycles. The highest BCUT2D eigenvalue weighted by molar-refractivity contribution is 8.18. The van der Waals surface area contributed by atoms with Crippen molar-refractivity contribution in [2.24, 2.45) is 0 Å². The zero-order chi connectivity index (χ0) is 25.2. The lowest BCUT2D eigenvalue weighted by atomic mass is 10.1. The molecule has 2 saturated heterocycles. The minimum absolute atomic E-state index is 0.237. The number of ether oxygens (including phenoxy) is 1. The van der Waals surface area contributed by atoms with E-state index in [0.29, 0.717) is 31.2 Å². The summed E-state index contributed by atoms with van der Waals surface area (Å²) in [4.78, 5) is 41.1. The van der Waals surface area contributed by atoms with Gasteiger partial charge < -0.3 is 14.2 Å². The molecule has 36 heavy (non-hydrogen) atoms. The van der Waals surface area contributed by atoms with Crippen LogP contribution in [-0.4, -0.2) is 64.3 Å². The van der Waals surface area contributed by atoms with Gasteiger partial charge in [0.05, 0.1) is 18.1 Å². The molecule has 3 amide bonds. The Morgan fingerprint density at radius 2 is 1.64 bits per heavy atom. The summed E-state index contributed by atoms with van der Waals surface area (Å²) in [5.74, 6) is -0.664. The monoisotopic (exact) mass is 501 g/mol. The largest absolute Gasteiger partial charge is 0.378 e. The van der Waals surface area contributed by atoms with Crippen molar-refractivity contribution in [3.05, 3.63) is 82.5 Å². The number of hydrogen-bond acceptors (Lipinski definition) is 5. The average Bonchev–Trinajstić information content (AvgIpc) is 3.33. The van der Waals surface area contributed by atoms with E-state index >= 15 is 0 Å². The van der Waals surface area contributed by atoms with Gasteiger partial charge in [-0.1, -0.05) is 42.5 Å². The van der Waals surface area contributed by atoms with Crippen molar-refractivity contribution in [1.29, 1.82) is 0 Å². The average molecular weight is 502 g/mol. The lowest BCUT2D eigenvalue weighted by Gasteiger charge is -2.28. The Bertz CT molecular complexity index is 1340. The number of morpholine rings is 1. The van der Waals surface area contributed by atoms with Crippen molar-refractivity contribution >= 4 is 34.9 Å². The lowest BCUT2D eigenvalue weighted by Crippen LogP contribution is -2.46.